The van der Waals surface area contributed by atoms with E-state index in [0.717, 1.165) is 25.7 Å². The zero-order chi connectivity index (χ0) is 18.9. The highest BCUT2D eigenvalue weighted by molar-refractivity contribution is 5.79. The number of rotatable bonds is 3. The average molecular weight is 359 g/mol. The Morgan fingerprint density at radius 2 is 1.67 bits per heavy atom. The summed E-state index contributed by atoms with van der Waals surface area (Å²) in [5.41, 5.74) is 4.32. The molecule has 0 bridgehead atoms. The minimum atomic E-state index is -0.560. The summed E-state index contributed by atoms with van der Waals surface area (Å²) in [6.45, 7) is 2.55. The van der Waals surface area contributed by atoms with E-state index in [1.807, 2.05) is 24.3 Å². The average Bonchev–Trinajstić information content (AvgIpc) is 3.02. The third kappa shape index (κ3) is 3.32. The molecule has 0 unspecified atom stereocenters. The third-order valence-corrected chi connectivity index (χ3v) is 6.09. The fraction of sp³-hybridized carbons (Fsp3) is 0.375. The molecule has 1 N–H and O–H groups in total. The van der Waals surface area contributed by atoms with Gasteiger partial charge in [0.2, 0.25) is 0 Å². The van der Waals surface area contributed by atoms with Crippen LogP contribution in [0.3, 0.4) is 0 Å². The van der Waals surface area contributed by atoms with Crippen molar-refractivity contribution in [3.8, 4) is 23.5 Å². The topological polar surface area (TPSA) is 38.3 Å². The summed E-state index contributed by atoms with van der Waals surface area (Å²) in [6, 6.07) is 16.7. The smallest absolute Gasteiger partial charge is 0.408 e. The number of carbonyl (C=O) groups excluding carboxylic acids is 1. The van der Waals surface area contributed by atoms with Crippen molar-refractivity contribution in [3.05, 3.63) is 59.7 Å². The largest absolute Gasteiger partial charge is 0.449 e. The van der Waals surface area contributed by atoms with E-state index in [-0.39, 0.29) is 5.92 Å². The normalized spacial score (nSPS) is 23.8. The van der Waals surface area contributed by atoms with E-state index >= 15 is 0 Å². The van der Waals surface area contributed by atoms with Crippen LogP contribution < -0.4 is 5.32 Å². The van der Waals surface area contributed by atoms with Gasteiger partial charge in [-0.2, -0.15) is 0 Å². The summed E-state index contributed by atoms with van der Waals surface area (Å²) in [5, 5.41) is 2.98. The van der Waals surface area contributed by atoms with Crippen molar-refractivity contribution in [2.45, 2.75) is 44.1 Å². The molecular formula is C24H25NO2. The second-order valence-corrected chi connectivity index (χ2v) is 7.86. The van der Waals surface area contributed by atoms with Gasteiger partial charge in [0, 0.05) is 5.92 Å². The molecular weight excluding hydrogens is 334 g/mol. The Hall–Kier alpha value is -2.73. The molecule has 0 radical (unpaired) electrons. The SMILES string of the molecule is C#CC1(NC(=O)OCC2c3ccccc3-c3ccccc32)CCC(C)CC1. The molecule has 2 aromatic carbocycles. The van der Waals surface area contributed by atoms with Crippen molar-refractivity contribution in [3.63, 3.8) is 0 Å². The predicted octanol–water partition coefficient (Wildman–Crippen LogP) is 5.11. The lowest BCUT2D eigenvalue weighted by Crippen LogP contribution is -2.49. The first-order valence-electron chi connectivity index (χ1n) is 9.73. The highest BCUT2D eigenvalue weighted by Gasteiger charge is 2.35. The van der Waals surface area contributed by atoms with Crippen molar-refractivity contribution in [1.82, 2.24) is 5.32 Å². The molecule has 0 atom stereocenters. The summed E-state index contributed by atoms with van der Waals surface area (Å²) in [5.74, 6) is 3.54. The lowest BCUT2D eigenvalue weighted by Gasteiger charge is -2.35. The highest BCUT2D eigenvalue weighted by atomic mass is 16.5. The maximum Gasteiger partial charge on any atom is 0.408 e. The van der Waals surface area contributed by atoms with Gasteiger partial charge in [-0.15, -0.1) is 6.42 Å². The molecule has 0 spiro atoms. The number of hydrogen-bond acceptors (Lipinski definition) is 2. The number of alkyl carbamates (subject to hydrolysis) is 1. The number of ether oxygens (including phenoxy) is 1. The number of nitrogens with one attached hydrogen (secondary N) is 1. The number of benzene rings is 2. The summed E-state index contributed by atoms with van der Waals surface area (Å²) in [6.07, 6.45) is 9.04. The van der Waals surface area contributed by atoms with Crippen LogP contribution in [0.15, 0.2) is 48.5 Å². The van der Waals surface area contributed by atoms with E-state index < -0.39 is 11.6 Å². The molecule has 1 saturated carbocycles. The zero-order valence-corrected chi connectivity index (χ0v) is 15.7. The van der Waals surface area contributed by atoms with E-state index in [2.05, 4.69) is 42.4 Å². The molecule has 3 heteroatoms. The van der Waals surface area contributed by atoms with E-state index in [0.29, 0.717) is 12.5 Å². The van der Waals surface area contributed by atoms with Crippen LogP contribution in [0, 0.1) is 18.3 Å². The van der Waals surface area contributed by atoms with Crippen molar-refractivity contribution in [2.24, 2.45) is 5.92 Å². The first-order chi connectivity index (χ1) is 13.1. The van der Waals surface area contributed by atoms with Gasteiger partial charge in [0.1, 0.15) is 12.1 Å². The fourth-order valence-corrected chi connectivity index (χ4v) is 4.39. The van der Waals surface area contributed by atoms with Crippen LogP contribution in [0.4, 0.5) is 4.79 Å². The Morgan fingerprint density at radius 3 is 2.22 bits per heavy atom. The summed E-state index contributed by atoms with van der Waals surface area (Å²) in [7, 11) is 0. The van der Waals surface area contributed by atoms with E-state index in [1.165, 1.54) is 22.3 Å². The Bertz CT molecular complexity index is 842. The molecule has 1 amide bonds. The molecule has 0 heterocycles. The third-order valence-electron chi connectivity index (χ3n) is 6.09. The first-order valence-corrected chi connectivity index (χ1v) is 9.73. The van der Waals surface area contributed by atoms with Gasteiger partial charge >= 0.3 is 6.09 Å². The van der Waals surface area contributed by atoms with Gasteiger partial charge < -0.3 is 10.1 Å². The molecule has 4 rings (SSSR count). The molecule has 0 saturated heterocycles. The molecule has 3 nitrogen and oxygen atoms in total. The number of fused-ring (bicyclic) bond motifs is 3. The van der Waals surface area contributed by atoms with E-state index in [9.17, 15) is 4.79 Å². The van der Waals surface area contributed by atoms with Gasteiger partial charge in [-0.05, 0) is 53.9 Å². The van der Waals surface area contributed by atoms with Crippen LogP contribution in [-0.4, -0.2) is 18.2 Å². The zero-order valence-electron chi connectivity index (χ0n) is 15.7. The molecule has 27 heavy (non-hydrogen) atoms. The van der Waals surface area contributed by atoms with Gasteiger partial charge in [-0.25, -0.2) is 4.79 Å². The quantitative estimate of drug-likeness (QED) is 0.774. The minimum absolute atomic E-state index is 0.0660. The van der Waals surface area contributed by atoms with Crippen LogP contribution in [-0.2, 0) is 4.74 Å². The molecule has 2 aromatic rings. The van der Waals surface area contributed by atoms with Gasteiger partial charge in [-0.1, -0.05) is 61.4 Å². The summed E-state index contributed by atoms with van der Waals surface area (Å²) < 4.78 is 5.65. The van der Waals surface area contributed by atoms with Gasteiger partial charge in [0.25, 0.3) is 0 Å². The molecule has 2 aliphatic rings. The molecule has 0 aromatic heterocycles. The first kappa shape index (κ1) is 17.7. The molecule has 0 aliphatic heterocycles. The maximum atomic E-state index is 12.5. The highest BCUT2D eigenvalue weighted by Crippen LogP contribution is 2.44. The summed E-state index contributed by atoms with van der Waals surface area (Å²) in [4.78, 5) is 12.5. The number of terminal acetylenes is 1. The Labute approximate surface area is 161 Å². The number of carbonyl (C=O) groups is 1. The minimum Gasteiger partial charge on any atom is -0.449 e. The van der Waals surface area contributed by atoms with Crippen LogP contribution >= 0.6 is 0 Å². The predicted molar refractivity (Wildman–Crippen MR) is 107 cm³/mol. The molecule has 2 aliphatic carbocycles. The fourth-order valence-electron chi connectivity index (χ4n) is 4.39. The lowest BCUT2D eigenvalue weighted by molar-refractivity contribution is 0.127. The van der Waals surface area contributed by atoms with Crippen LogP contribution in [0.2, 0.25) is 0 Å². The number of amides is 1. The second kappa shape index (κ2) is 7.12. The van der Waals surface area contributed by atoms with E-state index in [4.69, 9.17) is 11.2 Å². The Kier molecular flexibility index (Phi) is 4.66. The van der Waals surface area contributed by atoms with Crippen LogP contribution in [0.5, 0.6) is 0 Å². The monoisotopic (exact) mass is 359 g/mol. The molecule has 1 fully saturated rings. The summed E-state index contributed by atoms with van der Waals surface area (Å²) >= 11 is 0. The van der Waals surface area contributed by atoms with Gasteiger partial charge in [-0.3, -0.25) is 0 Å². The van der Waals surface area contributed by atoms with Gasteiger partial charge in [0.15, 0.2) is 0 Å². The maximum absolute atomic E-state index is 12.5. The Balaban J connectivity index is 1.46. The Morgan fingerprint density at radius 1 is 1.11 bits per heavy atom. The number of hydrogen-bond donors (Lipinski definition) is 1. The standard InChI is InChI=1S/C24H25NO2/c1-3-24(14-12-17(2)13-15-24)25-23(26)27-16-22-20-10-6-4-8-18(20)19-9-5-7-11-21(19)22/h1,4-11,17,22H,12-16H2,2H3,(H,25,26). The van der Waals surface area contributed by atoms with E-state index in [1.54, 1.807) is 0 Å². The van der Waals surface area contributed by atoms with Gasteiger partial charge in [0.05, 0.1) is 0 Å². The molecule has 138 valence electrons. The second-order valence-electron chi connectivity index (χ2n) is 7.86. The lowest BCUT2D eigenvalue weighted by atomic mass is 9.78. The van der Waals surface area contributed by atoms with Crippen molar-refractivity contribution >= 4 is 6.09 Å². The van der Waals surface area contributed by atoms with Crippen LogP contribution in [0.1, 0.15) is 49.7 Å². The van der Waals surface area contributed by atoms with Crippen molar-refractivity contribution in [2.75, 3.05) is 6.61 Å². The van der Waals surface area contributed by atoms with Crippen LogP contribution in [0.25, 0.3) is 11.1 Å². The van der Waals surface area contributed by atoms with Crippen molar-refractivity contribution < 1.29 is 9.53 Å². The van der Waals surface area contributed by atoms with Crippen molar-refractivity contribution in [1.29, 1.82) is 0 Å².